The molecule has 1 amide bonds. The molecule has 0 saturated heterocycles. The molecule has 1 unspecified atom stereocenters. The smallest absolute Gasteiger partial charge is 0.328 e. The van der Waals surface area contributed by atoms with Gasteiger partial charge in [0.05, 0.1) is 13.7 Å². The van der Waals surface area contributed by atoms with Crippen LogP contribution in [0.5, 0.6) is 0 Å². The number of nitrogens with one attached hydrogen (secondary N) is 2. The minimum Gasteiger partial charge on any atom is -0.467 e. The van der Waals surface area contributed by atoms with Crippen LogP contribution in [0.1, 0.15) is 16.7 Å². The number of aryl methyl sites for hydroxylation is 1. The lowest BCUT2D eigenvalue weighted by atomic mass is 10.0. The third-order valence-electron chi connectivity index (χ3n) is 3.97. The molecule has 0 aliphatic carbocycles. The third kappa shape index (κ3) is 6.10. The van der Waals surface area contributed by atoms with Gasteiger partial charge in [-0.05, 0) is 46.2 Å². The lowest BCUT2D eigenvalue weighted by molar-refractivity contribution is -0.144. The first kappa shape index (κ1) is 20.4. The zero-order chi connectivity index (χ0) is 18.9. The molecule has 1 atom stereocenters. The van der Waals surface area contributed by atoms with E-state index >= 15 is 0 Å². The molecule has 0 heterocycles. The molecule has 2 rings (SSSR count). The number of esters is 1. The fourth-order valence-corrected chi connectivity index (χ4v) is 3.16. The van der Waals surface area contributed by atoms with Crippen LogP contribution >= 0.6 is 22.6 Å². The molecule has 0 bridgehead atoms. The highest BCUT2D eigenvalue weighted by atomic mass is 127. The molecule has 2 N–H and O–H groups in total. The number of ether oxygens (including phenoxy) is 1. The lowest BCUT2D eigenvalue weighted by Crippen LogP contribution is -2.46. The Bertz CT molecular complexity index is 750. The van der Waals surface area contributed by atoms with Crippen molar-refractivity contribution in [1.82, 2.24) is 10.6 Å². The Labute approximate surface area is 167 Å². The molecule has 6 heteroatoms. The Balaban J connectivity index is 1.93. The van der Waals surface area contributed by atoms with E-state index in [0.29, 0.717) is 13.0 Å². The summed E-state index contributed by atoms with van der Waals surface area (Å²) in [6.45, 7) is 2.74. The number of methoxy groups -OCH3 is 1. The van der Waals surface area contributed by atoms with Crippen molar-refractivity contribution in [3.8, 4) is 0 Å². The van der Waals surface area contributed by atoms with Crippen LogP contribution in [0.15, 0.2) is 48.5 Å². The van der Waals surface area contributed by atoms with Crippen LogP contribution in [0.4, 0.5) is 0 Å². The molecule has 0 fully saturated rings. The summed E-state index contributed by atoms with van der Waals surface area (Å²) in [6.07, 6.45) is 0.400. The maximum atomic E-state index is 12.2. The van der Waals surface area contributed by atoms with Gasteiger partial charge in [-0.2, -0.15) is 0 Å². The summed E-state index contributed by atoms with van der Waals surface area (Å²) in [5.41, 5.74) is 3.25. The molecular formula is C20H23IN2O3. The number of carbonyl (C=O) groups is 2. The van der Waals surface area contributed by atoms with Crippen LogP contribution in [0.25, 0.3) is 0 Å². The number of rotatable bonds is 8. The van der Waals surface area contributed by atoms with Crippen LogP contribution in [0.2, 0.25) is 0 Å². The van der Waals surface area contributed by atoms with E-state index in [9.17, 15) is 9.59 Å². The third-order valence-corrected chi connectivity index (χ3v) is 5.52. The number of halogens is 1. The van der Waals surface area contributed by atoms with Crippen molar-refractivity contribution in [2.75, 3.05) is 13.7 Å². The van der Waals surface area contributed by atoms with Gasteiger partial charge in [0.1, 0.15) is 6.04 Å². The fourth-order valence-electron chi connectivity index (χ4n) is 2.58. The van der Waals surface area contributed by atoms with Crippen molar-refractivity contribution in [3.05, 3.63) is 68.8 Å². The molecule has 0 aromatic heterocycles. The Hall–Kier alpha value is -1.93. The highest BCUT2D eigenvalue weighted by Gasteiger charge is 2.23. The second-order valence-corrected chi connectivity index (χ2v) is 7.06. The van der Waals surface area contributed by atoms with Gasteiger partial charge in [0.25, 0.3) is 0 Å². The Kier molecular flexibility index (Phi) is 8.06. The predicted octanol–water partition coefficient (Wildman–Crippen LogP) is 2.59. The second kappa shape index (κ2) is 10.3. The van der Waals surface area contributed by atoms with Crippen molar-refractivity contribution in [2.24, 2.45) is 0 Å². The van der Waals surface area contributed by atoms with Crippen LogP contribution in [0.3, 0.4) is 0 Å². The standard InChI is InChI=1S/C20H23IN2O3/c1-14-7-6-10-16(19(14)21)11-17(20(25)26-2)23-18(24)13-22-12-15-8-4-3-5-9-15/h3-10,17,22H,11-13H2,1-2H3,(H,23,24). The van der Waals surface area contributed by atoms with Crippen molar-refractivity contribution in [3.63, 3.8) is 0 Å². The lowest BCUT2D eigenvalue weighted by Gasteiger charge is -2.18. The number of hydrogen-bond acceptors (Lipinski definition) is 4. The van der Waals surface area contributed by atoms with E-state index in [1.54, 1.807) is 0 Å². The number of carbonyl (C=O) groups excluding carboxylic acids is 2. The molecule has 5 nitrogen and oxygen atoms in total. The van der Waals surface area contributed by atoms with Crippen molar-refractivity contribution in [1.29, 1.82) is 0 Å². The Morgan fingerprint density at radius 2 is 1.85 bits per heavy atom. The first-order chi connectivity index (χ1) is 12.5. The highest BCUT2D eigenvalue weighted by molar-refractivity contribution is 14.1. The first-order valence-corrected chi connectivity index (χ1v) is 9.45. The average molecular weight is 466 g/mol. The van der Waals surface area contributed by atoms with Crippen LogP contribution in [-0.2, 0) is 27.3 Å². The van der Waals surface area contributed by atoms with E-state index in [1.165, 1.54) is 7.11 Å². The van der Waals surface area contributed by atoms with E-state index in [2.05, 4.69) is 33.2 Å². The summed E-state index contributed by atoms with van der Waals surface area (Å²) in [5.74, 6) is -0.683. The van der Waals surface area contributed by atoms with E-state index in [-0.39, 0.29) is 12.5 Å². The Morgan fingerprint density at radius 1 is 1.12 bits per heavy atom. The predicted molar refractivity (Wildman–Crippen MR) is 110 cm³/mol. The SMILES string of the molecule is COC(=O)C(Cc1cccc(C)c1I)NC(=O)CNCc1ccccc1. The van der Waals surface area contributed by atoms with Crippen molar-refractivity contribution >= 4 is 34.5 Å². The van der Waals surface area contributed by atoms with Crippen LogP contribution in [0, 0.1) is 10.5 Å². The van der Waals surface area contributed by atoms with Gasteiger partial charge < -0.3 is 15.4 Å². The van der Waals surface area contributed by atoms with Crippen molar-refractivity contribution in [2.45, 2.75) is 25.9 Å². The largest absolute Gasteiger partial charge is 0.467 e. The maximum Gasteiger partial charge on any atom is 0.328 e. The van der Waals surface area contributed by atoms with E-state index in [4.69, 9.17) is 4.74 Å². The molecule has 0 saturated carbocycles. The minimum atomic E-state index is -0.707. The molecule has 2 aromatic carbocycles. The van der Waals surface area contributed by atoms with Gasteiger partial charge in [-0.1, -0.05) is 48.5 Å². The monoisotopic (exact) mass is 466 g/mol. The summed E-state index contributed by atoms with van der Waals surface area (Å²) in [5, 5.41) is 5.85. The Morgan fingerprint density at radius 3 is 2.54 bits per heavy atom. The molecule has 26 heavy (non-hydrogen) atoms. The zero-order valence-corrected chi connectivity index (χ0v) is 17.1. The summed E-state index contributed by atoms with van der Waals surface area (Å²) in [7, 11) is 1.33. The van der Waals surface area contributed by atoms with E-state index in [1.807, 2.05) is 55.5 Å². The van der Waals surface area contributed by atoms with Gasteiger partial charge in [0, 0.05) is 16.5 Å². The normalized spacial score (nSPS) is 11.7. The number of amides is 1. The van der Waals surface area contributed by atoms with E-state index < -0.39 is 12.0 Å². The van der Waals surface area contributed by atoms with Gasteiger partial charge in [-0.3, -0.25) is 4.79 Å². The number of hydrogen-bond donors (Lipinski definition) is 2. The molecule has 0 spiro atoms. The minimum absolute atomic E-state index is 0.132. The molecular weight excluding hydrogens is 443 g/mol. The summed E-state index contributed by atoms with van der Waals surface area (Å²) in [6, 6.07) is 15.1. The summed E-state index contributed by atoms with van der Waals surface area (Å²) in [4.78, 5) is 24.3. The van der Waals surface area contributed by atoms with Crippen molar-refractivity contribution < 1.29 is 14.3 Å². The molecule has 0 aliphatic rings. The van der Waals surface area contributed by atoms with Gasteiger partial charge >= 0.3 is 5.97 Å². The quantitative estimate of drug-likeness (QED) is 0.464. The van der Waals surface area contributed by atoms with Crippen LogP contribution < -0.4 is 10.6 Å². The van der Waals surface area contributed by atoms with Gasteiger partial charge in [0.2, 0.25) is 5.91 Å². The fraction of sp³-hybridized carbons (Fsp3) is 0.300. The molecule has 2 aromatic rings. The van der Waals surface area contributed by atoms with Crippen LogP contribution in [-0.4, -0.2) is 31.6 Å². The second-order valence-electron chi connectivity index (χ2n) is 5.98. The zero-order valence-electron chi connectivity index (χ0n) is 14.9. The molecule has 0 radical (unpaired) electrons. The first-order valence-electron chi connectivity index (χ1n) is 8.37. The van der Waals surface area contributed by atoms with Gasteiger partial charge in [0.15, 0.2) is 0 Å². The van der Waals surface area contributed by atoms with Gasteiger partial charge in [-0.15, -0.1) is 0 Å². The highest BCUT2D eigenvalue weighted by Crippen LogP contribution is 2.18. The molecule has 0 aliphatic heterocycles. The van der Waals surface area contributed by atoms with E-state index in [0.717, 1.165) is 20.3 Å². The van der Waals surface area contributed by atoms with Gasteiger partial charge in [-0.25, -0.2) is 4.79 Å². The topological polar surface area (TPSA) is 67.4 Å². The number of benzene rings is 2. The average Bonchev–Trinajstić information content (AvgIpc) is 2.65. The maximum absolute atomic E-state index is 12.2. The summed E-state index contributed by atoms with van der Waals surface area (Å²) >= 11 is 2.26. The summed E-state index contributed by atoms with van der Waals surface area (Å²) < 4.78 is 5.95. The molecule has 138 valence electrons.